The second kappa shape index (κ2) is 4.68. The maximum atomic E-state index is 6.16. The number of nitrogens with two attached hydrogens (primary N) is 1. The molecule has 0 spiro atoms. The van der Waals surface area contributed by atoms with Crippen molar-refractivity contribution in [2.75, 3.05) is 0 Å². The summed E-state index contributed by atoms with van der Waals surface area (Å²) in [6, 6.07) is 6.07. The lowest BCUT2D eigenvalue weighted by molar-refractivity contribution is 0.796. The Labute approximate surface area is 99.9 Å². The highest BCUT2D eigenvalue weighted by molar-refractivity contribution is 6.31. The molecule has 84 valence electrons. The molecule has 0 aliphatic heterocycles. The topological polar surface area (TPSA) is 43.8 Å². The van der Waals surface area contributed by atoms with Crippen molar-refractivity contribution >= 4 is 11.6 Å². The zero-order chi connectivity index (χ0) is 11.5. The van der Waals surface area contributed by atoms with E-state index < -0.39 is 0 Å². The van der Waals surface area contributed by atoms with Crippen molar-refractivity contribution < 1.29 is 0 Å². The summed E-state index contributed by atoms with van der Waals surface area (Å²) >= 11 is 6.16. The van der Waals surface area contributed by atoms with E-state index in [-0.39, 0.29) is 0 Å². The van der Waals surface area contributed by atoms with Crippen molar-refractivity contribution in [3.8, 4) is 0 Å². The van der Waals surface area contributed by atoms with Crippen LogP contribution in [0.15, 0.2) is 30.7 Å². The molecule has 3 nitrogen and oxygen atoms in total. The van der Waals surface area contributed by atoms with Crippen LogP contribution in [0.25, 0.3) is 0 Å². The lowest BCUT2D eigenvalue weighted by atomic mass is 10.1. The van der Waals surface area contributed by atoms with Gasteiger partial charge in [-0.05, 0) is 24.1 Å². The van der Waals surface area contributed by atoms with Gasteiger partial charge in [0.25, 0.3) is 0 Å². The maximum Gasteiger partial charge on any atom is 0.0953 e. The fourth-order valence-electron chi connectivity index (χ4n) is 1.58. The first-order chi connectivity index (χ1) is 7.69. The third kappa shape index (κ3) is 2.43. The van der Waals surface area contributed by atoms with Crippen molar-refractivity contribution in [3.63, 3.8) is 0 Å². The van der Waals surface area contributed by atoms with Crippen molar-refractivity contribution in [2.45, 2.75) is 20.0 Å². The number of aromatic nitrogens is 2. The molecule has 0 amide bonds. The average Bonchev–Trinajstić information content (AvgIpc) is 2.70. The van der Waals surface area contributed by atoms with E-state index in [0.717, 1.165) is 22.8 Å². The summed E-state index contributed by atoms with van der Waals surface area (Å²) in [4.78, 5) is 4.17. The van der Waals surface area contributed by atoms with Gasteiger partial charge in [-0.25, -0.2) is 4.98 Å². The summed E-state index contributed by atoms with van der Waals surface area (Å²) < 4.78 is 1.98. The highest BCUT2D eigenvalue weighted by Gasteiger charge is 2.02. The smallest absolute Gasteiger partial charge is 0.0953 e. The molecule has 0 radical (unpaired) electrons. The molecule has 0 fully saturated rings. The van der Waals surface area contributed by atoms with Gasteiger partial charge in [0.15, 0.2) is 0 Å². The predicted octanol–water partition coefficient (Wildman–Crippen LogP) is 2.35. The molecule has 0 unspecified atom stereocenters. The molecule has 0 aliphatic rings. The molecule has 0 saturated heterocycles. The number of rotatable bonds is 3. The fraction of sp³-hybridized carbons (Fsp3) is 0.250. The first kappa shape index (κ1) is 11.2. The second-order valence-electron chi connectivity index (χ2n) is 3.84. The Hall–Kier alpha value is -1.32. The van der Waals surface area contributed by atoms with E-state index in [4.69, 9.17) is 17.3 Å². The van der Waals surface area contributed by atoms with Crippen LogP contribution < -0.4 is 5.73 Å². The third-order valence-corrected chi connectivity index (χ3v) is 2.81. The van der Waals surface area contributed by atoms with Gasteiger partial charge in [0.2, 0.25) is 0 Å². The van der Waals surface area contributed by atoms with Crippen LogP contribution in [0.2, 0.25) is 5.02 Å². The molecule has 2 rings (SSSR count). The minimum absolute atomic E-state index is 0.467. The van der Waals surface area contributed by atoms with Crippen molar-refractivity contribution in [1.82, 2.24) is 9.55 Å². The van der Waals surface area contributed by atoms with Gasteiger partial charge in [-0.2, -0.15) is 0 Å². The number of aryl methyl sites for hydroxylation is 1. The lowest BCUT2D eigenvalue weighted by Gasteiger charge is -2.05. The van der Waals surface area contributed by atoms with Crippen molar-refractivity contribution in [3.05, 3.63) is 52.6 Å². The highest BCUT2D eigenvalue weighted by atomic mass is 35.5. The van der Waals surface area contributed by atoms with Crippen LogP contribution in [0, 0.1) is 6.92 Å². The Morgan fingerprint density at radius 1 is 1.44 bits per heavy atom. The summed E-state index contributed by atoms with van der Waals surface area (Å²) in [7, 11) is 0. The van der Waals surface area contributed by atoms with Gasteiger partial charge in [-0.3, -0.25) is 0 Å². The molecule has 1 aromatic carbocycles. The van der Waals surface area contributed by atoms with E-state index in [1.807, 2.05) is 29.8 Å². The second-order valence-corrected chi connectivity index (χ2v) is 4.24. The van der Waals surface area contributed by atoms with Gasteiger partial charge in [0, 0.05) is 24.3 Å². The molecule has 16 heavy (non-hydrogen) atoms. The van der Waals surface area contributed by atoms with Crippen molar-refractivity contribution in [2.24, 2.45) is 5.73 Å². The quantitative estimate of drug-likeness (QED) is 0.888. The summed E-state index contributed by atoms with van der Waals surface area (Å²) in [6.45, 7) is 3.22. The number of hydrogen-bond acceptors (Lipinski definition) is 2. The van der Waals surface area contributed by atoms with E-state index in [2.05, 4.69) is 11.1 Å². The zero-order valence-corrected chi connectivity index (χ0v) is 9.91. The first-order valence-corrected chi connectivity index (χ1v) is 5.52. The minimum atomic E-state index is 0.467. The molecule has 0 saturated carbocycles. The van der Waals surface area contributed by atoms with E-state index in [0.29, 0.717) is 6.54 Å². The Morgan fingerprint density at radius 3 is 2.88 bits per heavy atom. The normalized spacial score (nSPS) is 10.7. The van der Waals surface area contributed by atoms with Crippen LogP contribution in [0.5, 0.6) is 0 Å². The summed E-state index contributed by atoms with van der Waals surface area (Å²) in [5, 5.41) is 0.794. The van der Waals surface area contributed by atoms with Crippen LogP contribution >= 0.6 is 11.6 Å². The Bertz CT molecular complexity index is 491. The van der Waals surface area contributed by atoms with Crippen LogP contribution in [0.3, 0.4) is 0 Å². The highest BCUT2D eigenvalue weighted by Crippen LogP contribution is 2.18. The molecular weight excluding hydrogens is 222 g/mol. The monoisotopic (exact) mass is 235 g/mol. The standard InChI is InChI=1S/C12H14ClN3/c1-9-2-3-10(12(13)4-9)6-16-7-11(5-14)15-8-16/h2-4,7-8H,5-6,14H2,1H3. The number of benzene rings is 1. The molecule has 0 bridgehead atoms. The molecule has 2 aromatic rings. The number of imidazole rings is 1. The van der Waals surface area contributed by atoms with Crippen LogP contribution in [-0.4, -0.2) is 9.55 Å². The van der Waals surface area contributed by atoms with E-state index in [1.54, 1.807) is 6.33 Å². The fourth-order valence-corrected chi connectivity index (χ4v) is 1.87. The lowest BCUT2D eigenvalue weighted by Crippen LogP contribution is -1.98. The number of hydrogen-bond donors (Lipinski definition) is 1. The van der Waals surface area contributed by atoms with Gasteiger partial charge in [-0.15, -0.1) is 0 Å². The summed E-state index contributed by atoms with van der Waals surface area (Å²) in [5.74, 6) is 0. The molecule has 4 heteroatoms. The first-order valence-electron chi connectivity index (χ1n) is 5.15. The zero-order valence-electron chi connectivity index (χ0n) is 9.15. The third-order valence-electron chi connectivity index (χ3n) is 2.46. The van der Waals surface area contributed by atoms with Gasteiger partial charge < -0.3 is 10.3 Å². The van der Waals surface area contributed by atoms with Gasteiger partial charge in [0.1, 0.15) is 0 Å². The Kier molecular flexibility index (Phi) is 3.27. The van der Waals surface area contributed by atoms with Crippen LogP contribution in [0.4, 0.5) is 0 Å². The minimum Gasteiger partial charge on any atom is -0.333 e. The Morgan fingerprint density at radius 2 is 2.25 bits per heavy atom. The largest absolute Gasteiger partial charge is 0.333 e. The van der Waals surface area contributed by atoms with Gasteiger partial charge >= 0.3 is 0 Å². The van der Waals surface area contributed by atoms with E-state index >= 15 is 0 Å². The predicted molar refractivity (Wildman–Crippen MR) is 65.4 cm³/mol. The maximum absolute atomic E-state index is 6.16. The van der Waals surface area contributed by atoms with Crippen LogP contribution in [0.1, 0.15) is 16.8 Å². The number of nitrogens with zero attached hydrogens (tertiary/aromatic N) is 2. The molecule has 1 aromatic heterocycles. The molecular formula is C12H14ClN3. The SMILES string of the molecule is Cc1ccc(Cn2cnc(CN)c2)c(Cl)c1. The molecule has 2 N–H and O–H groups in total. The summed E-state index contributed by atoms with van der Waals surface area (Å²) in [5.41, 5.74) is 8.66. The molecule has 0 aliphatic carbocycles. The van der Waals surface area contributed by atoms with Crippen LogP contribution in [-0.2, 0) is 13.1 Å². The van der Waals surface area contributed by atoms with Crippen molar-refractivity contribution in [1.29, 1.82) is 0 Å². The average molecular weight is 236 g/mol. The molecule has 1 heterocycles. The summed E-state index contributed by atoms with van der Waals surface area (Å²) in [6.07, 6.45) is 3.72. The Balaban J connectivity index is 2.20. The van der Waals surface area contributed by atoms with Gasteiger partial charge in [0.05, 0.1) is 12.0 Å². The number of halogens is 1. The van der Waals surface area contributed by atoms with Gasteiger partial charge in [-0.1, -0.05) is 23.7 Å². The molecule has 0 atom stereocenters. The van der Waals surface area contributed by atoms with E-state index in [1.165, 1.54) is 5.56 Å². The van der Waals surface area contributed by atoms with E-state index in [9.17, 15) is 0 Å².